The van der Waals surface area contributed by atoms with Crippen LogP contribution in [0.1, 0.15) is 18.4 Å². The summed E-state index contributed by atoms with van der Waals surface area (Å²) in [5.41, 5.74) is 7.08. The average molecular weight is 276 g/mol. The molecule has 2 rings (SSSR count). The molecule has 2 amide bonds. The molecule has 0 spiro atoms. The summed E-state index contributed by atoms with van der Waals surface area (Å²) in [5, 5.41) is 0. The molecule has 5 heteroatoms. The molecule has 5 nitrogen and oxygen atoms in total. The second kappa shape index (κ2) is 6.52. The molecule has 1 aliphatic rings. The van der Waals surface area contributed by atoms with E-state index in [1.54, 1.807) is 4.90 Å². The zero-order valence-corrected chi connectivity index (χ0v) is 11.7. The number of ether oxygens (including phenoxy) is 1. The lowest BCUT2D eigenvalue weighted by Crippen LogP contribution is -2.38. The minimum Gasteiger partial charge on any atom is -0.381 e. The van der Waals surface area contributed by atoms with Crippen molar-refractivity contribution in [2.24, 2.45) is 11.7 Å². The number of rotatable bonds is 5. The zero-order valence-electron chi connectivity index (χ0n) is 11.7. The van der Waals surface area contributed by atoms with E-state index in [1.165, 1.54) is 0 Å². The van der Waals surface area contributed by atoms with E-state index >= 15 is 0 Å². The number of carbonyl (C=O) groups excluding carboxylic acids is 2. The van der Waals surface area contributed by atoms with Gasteiger partial charge in [0.1, 0.15) is 0 Å². The molecule has 1 aliphatic heterocycles. The summed E-state index contributed by atoms with van der Waals surface area (Å²) in [6.45, 7) is 3.36. The van der Waals surface area contributed by atoms with Gasteiger partial charge in [0.2, 0.25) is 11.8 Å². The van der Waals surface area contributed by atoms with Crippen LogP contribution in [-0.2, 0) is 14.3 Å². The van der Waals surface area contributed by atoms with E-state index in [0.29, 0.717) is 19.8 Å². The van der Waals surface area contributed by atoms with Crippen LogP contribution in [0.25, 0.3) is 0 Å². The van der Waals surface area contributed by atoms with Crippen LogP contribution in [0.15, 0.2) is 24.3 Å². The first kappa shape index (κ1) is 14.5. The topological polar surface area (TPSA) is 72.6 Å². The molecule has 2 N–H and O–H groups in total. The quantitative estimate of drug-likeness (QED) is 0.879. The van der Waals surface area contributed by atoms with Gasteiger partial charge in [-0.3, -0.25) is 9.59 Å². The van der Waals surface area contributed by atoms with Crippen LogP contribution in [-0.4, -0.2) is 31.6 Å². The first-order valence-corrected chi connectivity index (χ1v) is 6.82. The summed E-state index contributed by atoms with van der Waals surface area (Å²) < 4.78 is 5.27. The summed E-state index contributed by atoms with van der Waals surface area (Å²) in [7, 11) is 0. The van der Waals surface area contributed by atoms with Crippen molar-refractivity contribution in [3.8, 4) is 0 Å². The van der Waals surface area contributed by atoms with Crippen molar-refractivity contribution >= 4 is 17.5 Å². The Hall–Kier alpha value is -1.88. The van der Waals surface area contributed by atoms with Gasteiger partial charge in [-0.2, -0.15) is 0 Å². The van der Waals surface area contributed by atoms with Crippen LogP contribution in [0.2, 0.25) is 0 Å². The predicted octanol–water partition coefficient (Wildman–Crippen LogP) is 1.24. The van der Waals surface area contributed by atoms with Gasteiger partial charge in [-0.25, -0.2) is 0 Å². The van der Waals surface area contributed by atoms with E-state index < -0.39 is 5.91 Å². The van der Waals surface area contributed by atoms with Crippen molar-refractivity contribution in [3.63, 3.8) is 0 Å². The Kier molecular flexibility index (Phi) is 4.74. The Labute approximate surface area is 118 Å². The molecule has 0 radical (unpaired) electrons. The van der Waals surface area contributed by atoms with Crippen molar-refractivity contribution in [3.05, 3.63) is 29.8 Å². The second-order valence-corrected chi connectivity index (χ2v) is 5.11. The molecule has 0 aromatic heterocycles. The Bertz CT molecular complexity index is 496. The number of nitrogens with zero attached hydrogens (tertiary/aromatic N) is 1. The maximum Gasteiger partial charge on any atom is 0.232 e. The van der Waals surface area contributed by atoms with Gasteiger partial charge in [-0.1, -0.05) is 12.1 Å². The van der Waals surface area contributed by atoms with Crippen molar-refractivity contribution in [2.45, 2.75) is 19.8 Å². The van der Waals surface area contributed by atoms with E-state index in [9.17, 15) is 9.59 Å². The number of aryl methyl sites for hydroxylation is 1. The Morgan fingerprint density at radius 2 is 2.25 bits per heavy atom. The largest absolute Gasteiger partial charge is 0.381 e. The van der Waals surface area contributed by atoms with E-state index in [2.05, 4.69) is 0 Å². The molecular weight excluding hydrogens is 256 g/mol. The maximum atomic E-state index is 12.6. The lowest BCUT2D eigenvalue weighted by molar-refractivity contribution is -0.122. The number of nitrogens with two attached hydrogens (primary N) is 1. The average Bonchev–Trinajstić information content (AvgIpc) is 2.92. The van der Waals surface area contributed by atoms with E-state index in [1.807, 2.05) is 31.2 Å². The fourth-order valence-corrected chi connectivity index (χ4v) is 2.33. The van der Waals surface area contributed by atoms with Crippen LogP contribution in [0.4, 0.5) is 5.69 Å². The number of hydrogen-bond donors (Lipinski definition) is 1. The highest BCUT2D eigenvalue weighted by Crippen LogP contribution is 2.22. The Morgan fingerprint density at radius 3 is 2.85 bits per heavy atom. The lowest BCUT2D eigenvalue weighted by atomic mass is 10.1. The van der Waals surface area contributed by atoms with E-state index in [-0.39, 0.29) is 18.2 Å². The molecule has 0 saturated carbocycles. The number of carbonyl (C=O) groups is 2. The third kappa shape index (κ3) is 3.57. The fraction of sp³-hybridized carbons (Fsp3) is 0.467. The van der Waals surface area contributed by atoms with Crippen LogP contribution < -0.4 is 10.6 Å². The van der Waals surface area contributed by atoms with Crippen molar-refractivity contribution in [1.29, 1.82) is 0 Å². The summed E-state index contributed by atoms with van der Waals surface area (Å²) in [6.07, 6.45) is 0.894. The molecule has 1 atom stereocenters. The SMILES string of the molecule is Cc1cccc(N(CCC(N)=O)C(=O)[C@@H]2CCOC2)c1. The van der Waals surface area contributed by atoms with Crippen LogP contribution in [0, 0.1) is 12.8 Å². The molecule has 1 saturated heterocycles. The molecule has 1 fully saturated rings. The van der Waals surface area contributed by atoms with E-state index in [0.717, 1.165) is 17.7 Å². The molecule has 0 unspecified atom stereocenters. The lowest BCUT2D eigenvalue weighted by Gasteiger charge is -2.25. The first-order valence-electron chi connectivity index (χ1n) is 6.82. The second-order valence-electron chi connectivity index (χ2n) is 5.11. The minimum absolute atomic E-state index is 0.00866. The predicted molar refractivity (Wildman–Crippen MR) is 76.3 cm³/mol. The Balaban J connectivity index is 2.19. The third-order valence-electron chi connectivity index (χ3n) is 3.44. The summed E-state index contributed by atoms with van der Waals surface area (Å²) in [4.78, 5) is 25.2. The fourth-order valence-electron chi connectivity index (χ4n) is 2.33. The van der Waals surface area contributed by atoms with Gasteiger partial charge in [-0.15, -0.1) is 0 Å². The summed E-state index contributed by atoms with van der Waals surface area (Å²) in [5.74, 6) is -0.518. The highest BCUT2D eigenvalue weighted by molar-refractivity contribution is 5.96. The maximum absolute atomic E-state index is 12.6. The van der Waals surface area contributed by atoms with Crippen LogP contribution in [0.5, 0.6) is 0 Å². The zero-order chi connectivity index (χ0) is 14.5. The van der Waals surface area contributed by atoms with Crippen molar-refractivity contribution in [2.75, 3.05) is 24.7 Å². The van der Waals surface area contributed by atoms with Gasteiger partial charge < -0.3 is 15.4 Å². The highest BCUT2D eigenvalue weighted by Gasteiger charge is 2.29. The number of benzene rings is 1. The van der Waals surface area contributed by atoms with Crippen LogP contribution in [0.3, 0.4) is 0 Å². The molecule has 1 aromatic rings. The number of primary amides is 1. The Morgan fingerprint density at radius 1 is 1.45 bits per heavy atom. The molecular formula is C15H20N2O3. The molecule has 20 heavy (non-hydrogen) atoms. The van der Waals surface area contributed by atoms with Gasteiger partial charge in [-0.05, 0) is 31.0 Å². The minimum atomic E-state index is -0.405. The summed E-state index contributed by atoms with van der Waals surface area (Å²) >= 11 is 0. The first-order chi connectivity index (χ1) is 9.58. The molecule has 1 heterocycles. The molecule has 1 aromatic carbocycles. The number of amides is 2. The van der Waals surface area contributed by atoms with E-state index in [4.69, 9.17) is 10.5 Å². The van der Waals surface area contributed by atoms with Gasteiger partial charge in [0.15, 0.2) is 0 Å². The van der Waals surface area contributed by atoms with Crippen molar-refractivity contribution < 1.29 is 14.3 Å². The van der Waals surface area contributed by atoms with Gasteiger partial charge >= 0.3 is 0 Å². The van der Waals surface area contributed by atoms with Crippen molar-refractivity contribution in [1.82, 2.24) is 0 Å². The summed E-state index contributed by atoms with van der Waals surface area (Å²) in [6, 6.07) is 7.69. The molecule has 0 bridgehead atoms. The standard InChI is InChI=1S/C15H20N2O3/c1-11-3-2-4-13(9-11)17(7-5-14(16)18)15(19)12-6-8-20-10-12/h2-4,9,12H,5-8,10H2,1H3,(H2,16,18)/t12-/m1/s1. The van der Waals surface area contributed by atoms with Crippen LogP contribution >= 0.6 is 0 Å². The molecule has 108 valence electrons. The smallest absolute Gasteiger partial charge is 0.232 e. The monoisotopic (exact) mass is 276 g/mol. The highest BCUT2D eigenvalue weighted by atomic mass is 16.5. The van der Waals surface area contributed by atoms with Gasteiger partial charge in [0.05, 0.1) is 12.5 Å². The number of anilines is 1. The van der Waals surface area contributed by atoms with Gasteiger partial charge in [0.25, 0.3) is 0 Å². The normalized spacial score (nSPS) is 17.9. The third-order valence-corrected chi connectivity index (χ3v) is 3.44. The molecule has 0 aliphatic carbocycles. The number of hydrogen-bond acceptors (Lipinski definition) is 3. The van der Waals surface area contributed by atoms with Gasteiger partial charge in [0, 0.05) is 25.3 Å².